The molecule has 0 bridgehead atoms. The fraction of sp³-hybridized carbons (Fsp3) is 0.250. The Balaban J connectivity index is 1.75. The maximum atomic E-state index is 9.46. The van der Waals surface area contributed by atoms with Gasteiger partial charge in [0, 0.05) is 17.9 Å². The summed E-state index contributed by atoms with van der Waals surface area (Å²) in [6.07, 6.45) is -0.0853. The molecule has 1 heterocycles. The highest BCUT2D eigenvalue weighted by atomic mass is 35.5. The van der Waals surface area contributed by atoms with Gasteiger partial charge in [-0.05, 0) is 25.0 Å². The minimum Gasteiger partial charge on any atom is -0.448 e. The number of ether oxygens (including phenoxy) is 1. The van der Waals surface area contributed by atoms with Crippen LogP contribution in [0.2, 0.25) is 5.02 Å². The lowest BCUT2D eigenvalue weighted by atomic mass is 10.1. The largest absolute Gasteiger partial charge is 0.448 e. The van der Waals surface area contributed by atoms with E-state index in [1.54, 1.807) is 24.3 Å². The zero-order valence-corrected chi connectivity index (χ0v) is 15.9. The maximum Gasteiger partial charge on any atom is 0.231 e. The van der Waals surface area contributed by atoms with Gasteiger partial charge in [0.25, 0.3) is 0 Å². The molecule has 7 nitrogen and oxygen atoms in total. The van der Waals surface area contributed by atoms with E-state index in [2.05, 4.69) is 25.5 Å². The summed E-state index contributed by atoms with van der Waals surface area (Å²) in [4.78, 5) is 6.77. The summed E-state index contributed by atoms with van der Waals surface area (Å²) in [7, 11) is 0. The topological polar surface area (TPSA) is 74.6 Å². The van der Waals surface area contributed by atoms with Crippen LogP contribution < -0.4 is 10.7 Å². The molecular formula is C20H18ClN5O2. The lowest BCUT2D eigenvalue weighted by Gasteiger charge is -2.21. The normalized spacial score (nSPS) is 16.2. The van der Waals surface area contributed by atoms with Gasteiger partial charge in [0.1, 0.15) is 6.04 Å². The van der Waals surface area contributed by atoms with Gasteiger partial charge in [-0.3, -0.25) is 5.43 Å². The van der Waals surface area contributed by atoms with Gasteiger partial charge in [-0.1, -0.05) is 41.9 Å². The summed E-state index contributed by atoms with van der Waals surface area (Å²) in [5.41, 5.74) is 6.21. The lowest BCUT2D eigenvalue weighted by molar-refractivity contribution is 0.182. The maximum absolute atomic E-state index is 9.46. The summed E-state index contributed by atoms with van der Waals surface area (Å²) in [6, 6.07) is 10.1. The Morgan fingerprint density at radius 2 is 2.00 bits per heavy atom. The van der Waals surface area contributed by atoms with E-state index in [-0.39, 0.29) is 12.6 Å². The number of nitrogens with zero attached hydrogens (tertiary/aromatic N) is 3. The molecule has 2 aromatic carbocycles. The summed E-state index contributed by atoms with van der Waals surface area (Å²) < 4.78 is 5.93. The van der Waals surface area contributed by atoms with Crippen LogP contribution in [-0.4, -0.2) is 23.7 Å². The number of aliphatic hydroxyl groups excluding tert-OH is 1. The van der Waals surface area contributed by atoms with Gasteiger partial charge in [-0.2, -0.15) is 0 Å². The van der Waals surface area contributed by atoms with Gasteiger partial charge in [0.05, 0.1) is 18.2 Å². The molecule has 28 heavy (non-hydrogen) atoms. The second-order valence-corrected chi connectivity index (χ2v) is 6.55. The smallest absolute Gasteiger partial charge is 0.231 e. The third-order valence-electron chi connectivity index (χ3n) is 4.39. The number of hydrogen-bond acceptors (Lipinski definition) is 5. The van der Waals surface area contributed by atoms with Crippen molar-refractivity contribution in [3.05, 3.63) is 75.4 Å². The molecule has 3 N–H and O–H groups in total. The molecular weight excluding hydrogens is 378 g/mol. The van der Waals surface area contributed by atoms with Crippen LogP contribution in [-0.2, 0) is 4.74 Å². The van der Waals surface area contributed by atoms with E-state index in [1.807, 2.05) is 19.1 Å². The molecule has 2 atom stereocenters. The Bertz CT molecular complexity index is 976. The molecule has 0 fully saturated rings. The number of aliphatic hydroxyl groups is 1. The highest BCUT2D eigenvalue weighted by Crippen LogP contribution is 2.34. The van der Waals surface area contributed by atoms with Gasteiger partial charge in [0.15, 0.2) is 5.69 Å². The molecule has 0 aliphatic carbocycles. The average Bonchev–Trinajstić information content (AvgIpc) is 3.21. The highest BCUT2D eigenvalue weighted by molar-refractivity contribution is 6.34. The number of nitrogens with one attached hydrogen (secondary N) is 2. The predicted molar refractivity (Wildman–Crippen MR) is 109 cm³/mol. The summed E-state index contributed by atoms with van der Waals surface area (Å²) in [5.74, 6) is 0.415. The van der Waals surface area contributed by atoms with Crippen molar-refractivity contribution in [2.75, 3.05) is 11.9 Å². The van der Waals surface area contributed by atoms with Crippen LogP contribution in [0.3, 0.4) is 0 Å². The van der Waals surface area contributed by atoms with Gasteiger partial charge in [-0.15, -0.1) is 5.10 Å². The Labute approximate surface area is 168 Å². The number of benzene rings is 2. The molecule has 0 saturated heterocycles. The van der Waals surface area contributed by atoms with Crippen molar-refractivity contribution in [3.63, 3.8) is 0 Å². The Kier molecular flexibility index (Phi) is 6.00. The molecule has 1 aliphatic rings. The van der Waals surface area contributed by atoms with Crippen molar-refractivity contribution in [1.82, 2.24) is 5.43 Å². The number of hydrazone groups is 1. The molecule has 3 rings (SSSR count). The van der Waals surface area contributed by atoms with Crippen LogP contribution in [0.4, 0.5) is 17.1 Å². The minimum atomic E-state index is -0.466. The lowest BCUT2D eigenvalue weighted by Crippen LogP contribution is -2.31. The zero-order chi connectivity index (χ0) is 20.1. The fourth-order valence-corrected chi connectivity index (χ4v) is 3.02. The van der Waals surface area contributed by atoms with E-state index in [9.17, 15) is 5.11 Å². The van der Waals surface area contributed by atoms with Crippen LogP contribution in [0.5, 0.6) is 0 Å². The third kappa shape index (κ3) is 4.01. The summed E-state index contributed by atoms with van der Waals surface area (Å²) >= 11 is 6.25. The number of anilines is 1. The molecule has 1 aliphatic heterocycles. The second-order valence-electron chi connectivity index (χ2n) is 6.17. The molecule has 0 spiro atoms. The van der Waals surface area contributed by atoms with E-state index in [0.717, 1.165) is 16.8 Å². The van der Waals surface area contributed by atoms with Crippen LogP contribution in [0.1, 0.15) is 23.8 Å². The van der Waals surface area contributed by atoms with Crippen LogP contribution >= 0.6 is 11.6 Å². The molecule has 8 heteroatoms. The Hall–Kier alpha value is -3.26. The van der Waals surface area contributed by atoms with Gasteiger partial charge in [0.2, 0.25) is 17.8 Å². The Morgan fingerprint density at radius 1 is 1.25 bits per heavy atom. The van der Waals surface area contributed by atoms with E-state index in [4.69, 9.17) is 29.5 Å². The van der Waals surface area contributed by atoms with E-state index < -0.39 is 6.23 Å². The van der Waals surface area contributed by atoms with Crippen molar-refractivity contribution in [3.8, 4) is 0 Å². The molecule has 1 unspecified atom stereocenters. The molecule has 0 aromatic heterocycles. The summed E-state index contributed by atoms with van der Waals surface area (Å²) in [6.45, 7) is 15.9. The first-order valence-electron chi connectivity index (χ1n) is 8.58. The molecule has 0 saturated carbocycles. The number of halogens is 1. The predicted octanol–water partition coefficient (Wildman–Crippen LogP) is 4.55. The van der Waals surface area contributed by atoms with Gasteiger partial charge in [-0.25, -0.2) is 9.69 Å². The van der Waals surface area contributed by atoms with Gasteiger partial charge < -0.3 is 15.2 Å². The molecule has 0 radical (unpaired) electrons. The molecule has 142 valence electrons. The monoisotopic (exact) mass is 395 g/mol. The minimum absolute atomic E-state index is 0.0582. The van der Waals surface area contributed by atoms with Crippen molar-refractivity contribution < 1.29 is 9.84 Å². The fourth-order valence-electron chi connectivity index (χ4n) is 2.81. The van der Waals surface area contributed by atoms with Crippen LogP contribution in [0.15, 0.2) is 41.5 Å². The van der Waals surface area contributed by atoms with E-state index >= 15 is 0 Å². The van der Waals surface area contributed by atoms with Crippen LogP contribution in [0.25, 0.3) is 9.69 Å². The van der Waals surface area contributed by atoms with Gasteiger partial charge >= 0.3 is 0 Å². The van der Waals surface area contributed by atoms with Crippen molar-refractivity contribution in [2.24, 2.45) is 5.10 Å². The van der Waals surface area contributed by atoms with E-state index in [1.165, 1.54) is 0 Å². The first kappa shape index (κ1) is 19.5. The first-order valence-corrected chi connectivity index (χ1v) is 8.96. The zero-order valence-electron chi connectivity index (χ0n) is 15.1. The van der Waals surface area contributed by atoms with E-state index in [0.29, 0.717) is 28.7 Å². The Morgan fingerprint density at radius 3 is 2.64 bits per heavy atom. The van der Waals surface area contributed by atoms with Crippen molar-refractivity contribution >= 4 is 34.6 Å². The molecule has 0 amide bonds. The van der Waals surface area contributed by atoms with Crippen molar-refractivity contribution in [1.29, 1.82) is 0 Å². The average molecular weight is 396 g/mol. The third-order valence-corrected chi connectivity index (χ3v) is 4.86. The second kappa shape index (κ2) is 8.62. The standard InChI is InChI=1S/C20H18ClN5O2/c1-12-15(8-9-16(23-3)18(12)21)24-17(10-11-27)20-26-25-19(28-20)13-4-6-14(22-2)7-5-13/h4-9,17,19,24-25,27H,10-11H2,1H3/t17-,19?/m1/s1. The quantitative estimate of drug-likeness (QED) is 0.627. The van der Waals surface area contributed by atoms with Crippen LogP contribution in [0, 0.1) is 20.1 Å². The molecule has 2 aromatic rings. The van der Waals surface area contributed by atoms with Crippen molar-refractivity contribution in [2.45, 2.75) is 25.6 Å². The first-order chi connectivity index (χ1) is 13.6. The summed E-state index contributed by atoms with van der Waals surface area (Å²) in [5, 5.41) is 17.4. The SMILES string of the molecule is [C-]#[N+]c1ccc(C2NN=C([C@@H](CCO)Nc3ccc([N+]#[C-])c(Cl)c3C)O2)cc1. The number of hydrogen-bond donors (Lipinski definition) is 3. The number of rotatable bonds is 6. The highest BCUT2D eigenvalue weighted by Gasteiger charge is 2.28.